The molecule has 0 aromatic carbocycles. The molecule has 0 fully saturated rings. The normalized spacial score (nSPS) is 12.6. The highest BCUT2D eigenvalue weighted by Crippen LogP contribution is 2.18. The molecule has 19 heavy (non-hydrogen) atoms. The van der Waals surface area contributed by atoms with Crippen molar-refractivity contribution < 1.29 is 4.74 Å². The third kappa shape index (κ3) is 5.47. The van der Waals surface area contributed by atoms with Crippen molar-refractivity contribution in [1.29, 1.82) is 0 Å². The van der Waals surface area contributed by atoms with Gasteiger partial charge in [0.2, 0.25) is 5.88 Å². The molecule has 0 amide bonds. The molecule has 1 aromatic rings. The van der Waals surface area contributed by atoms with Gasteiger partial charge >= 0.3 is 0 Å². The summed E-state index contributed by atoms with van der Waals surface area (Å²) in [5, 5.41) is 3.34. The van der Waals surface area contributed by atoms with Gasteiger partial charge in [-0.2, -0.15) is 4.98 Å². The quantitative estimate of drug-likeness (QED) is 0.888. The number of aromatic nitrogens is 1. The molecule has 0 radical (unpaired) electrons. The van der Waals surface area contributed by atoms with Crippen molar-refractivity contribution in [2.45, 2.75) is 45.7 Å². The molecule has 1 rings (SSSR count). The van der Waals surface area contributed by atoms with Crippen LogP contribution in [0.15, 0.2) is 18.2 Å². The molecule has 0 saturated carbocycles. The van der Waals surface area contributed by atoms with Crippen LogP contribution in [0.25, 0.3) is 0 Å². The maximum Gasteiger partial charge on any atom is 0.215 e. The molecule has 0 bridgehead atoms. The van der Waals surface area contributed by atoms with Gasteiger partial charge in [0.15, 0.2) is 0 Å². The van der Waals surface area contributed by atoms with Crippen LogP contribution >= 0.6 is 0 Å². The summed E-state index contributed by atoms with van der Waals surface area (Å²) in [5.74, 6) is 1.50. The lowest BCUT2D eigenvalue weighted by atomic mass is 10.1. The number of rotatable bonds is 5. The Hall–Kier alpha value is -1.29. The highest BCUT2D eigenvalue weighted by molar-refractivity contribution is 5.39. The highest BCUT2D eigenvalue weighted by atomic mass is 16.5. The lowest BCUT2D eigenvalue weighted by Gasteiger charge is -2.32. The number of pyridine rings is 1. The van der Waals surface area contributed by atoms with Crippen LogP contribution in [-0.2, 0) is 0 Å². The first kappa shape index (κ1) is 15.8. The van der Waals surface area contributed by atoms with Crippen LogP contribution in [-0.4, -0.2) is 41.7 Å². The summed E-state index contributed by atoms with van der Waals surface area (Å²) < 4.78 is 5.79. The van der Waals surface area contributed by atoms with E-state index in [9.17, 15) is 0 Å². The number of anilines is 1. The average Bonchev–Trinajstić information content (AvgIpc) is 2.24. The summed E-state index contributed by atoms with van der Waals surface area (Å²) in [6.45, 7) is 11.2. The van der Waals surface area contributed by atoms with Crippen LogP contribution in [0.4, 0.5) is 5.82 Å². The standard InChI is InChI=1S/C15H27N3O/c1-14(2,3)17-12-9-8-10-13(16-12)19-11-15(4,5)18(6)7/h8-10H,11H2,1-7H3,(H,16,17). The highest BCUT2D eigenvalue weighted by Gasteiger charge is 2.21. The Morgan fingerprint density at radius 3 is 2.32 bits per heavy atom. The lowest BCUT2D eigenvalue weighted by Crippen LogP contribution is -2.43. The van der Waals surface area contributed by atoms with E-state index in [1.807, 2.05) is 32.3 Å². The second kappa shape index (κ2) is 5.78. The van der Waals surface area contributed by atoms with Gasteiger partial charge < -0.3 is 15.0 Å². The number of nitrogens with one attached hydrogen (secondary N) is 1. The van der Waals surface area contributed by atoms with E-state index in [0.717, 1.165) is 5.82 Å². The van der Waals surface area contributed by atoms with Gasteiger partial charge in [0, 0.05) is 17.1 Å². The fourth-order valence-electron chi connectivity index (χ4n) is 1.33. The summed E-state index contributed by atoms with van der Waals surface area (Å²) in [7, 11) is 4.10. The summed E-state index contributed by atoms with van der Waals surface area (Å²) in [6, 6.07) is 5.80. The van der Waals surface area contributed by atoms with Crippen molar-refractivity contribution in [1.82, 2.24) is 9.88 Å². The molecule has 0 aliphatic rings. The minimum Gasteiger partial charge on any atom is -0.476 e. The molecule has 1 N–H and O–H groups in total. The Kier molecular flexibility index (Phi) is 4.80. The van der Waals surface area contributed by atoms with Crippen LogP contribution in [0.5, 0.6) is 5.88 Å². The predicted molar refractivity (Wildman–Crippen MR) is 80.9 cm³/mol. The molecule has 108 valence electrons. The molecule has 1 aromatic heterocycles. The molecule has 0 unspecified atom stereocenters. The number of likely N-dealkylation sites (N-methyl/N-ethyl adjacent to an activating group) is 1. The molecular formula is C15H27N3O. The van der Waals surface area contributed by atoms with Crippen molar-refractivity contribution >= 4 is 5.82 Å². The molecule has 0 aliphatic carbocycles. The lowest BCUT2D eigenvalue weighted by molar-refractivity contribution is 0.111. The monoisotopic (exact) mass is 265 g/mol. The minimum absolute atomic E-state index is 0.00543. The summed E-state index contributed by atoms with van der Waals surface area (Å²) in [5.41, 5.74) is -0.0241. The first-order valence-corrected chi connectivity index (χ1v) is 6.66. The second-order valence-electron chi connectivity index (χ2n) is 6.73. The predicted octanol–water partition coefficient (Wildman–Crippen LogP) is 3.01. The van der Waals surface area contributed by atoms with Gasteiger partial charge in [-0.1, -0.05) is 6.07 Å². The SMILES string of the molecule is CN(C)C(C)(C)COc1cccc(NC(C)(C)C)n1. The van der Waals surface area contributed by atoms with Crippen LogP contribution in [0.1, 0.15) is 34.6 Å². The molecule has 1 heterocycles. The van der Waals surface area contributed by atoms with E-state index in [1.165, 1.54) is 0 Å². The molecule has 0 saturated heterocycles. The maximum absolute atomic E-state index is 5.79. The zero-order valence-corrected chi connectivity index (χ0v) is 13.2. The maximum atomic E-state index is 5.79. The van der Waals surface area contributed by atoms with Crippen molar-refractivity contribution in [3.8, 4) is 5.88 Å². The number of nitrogens with zero attached hydrogens (tertiary/aromatic N) is 2. The third-order valence-electron chi connectivity index (χ3n) is 3.01. The van der Waals surface area contributed by atoms with E-state index in [4.69, 9.17) is 4.74 Å². The fraction of sp³-hybridized carbons (Fsp3) is 0.667. The smallest absolute Gasteiger partial charge is 0.215 e. The van der Waals surface area contributed by atoms with Crippen molar-refractivity contribution in [3.63, 3.8) is 0 Å². The average molecular weight is 265 g/mol. The van der Waals surface area contributed by atoms with Gasteiger partial charge in [0.1, 0.15) is 12.4 Å². The van der Waals surface area contributed by atoms with Crippen molar-refractivity contribution in [3.05, 3.63) is 18.2 Å². The van der Waals surface area contributed by atoms with Crippen LogP contribution < -0.4 is 10.1 Å². The second-order valence-corrected chi connectivity index (χ2v) is 6.73. The summed E-state index contributed by atoms with van der Waals surface area (Å²) in [4.78, 5) is 6.61. The van der Waals surface area contributed by atoms with E-state index < -0.39 is 0 Å². The topological polar surface area (TPSA) is 37.4 Å². The van der Waals surface area contributed by atoms with Gasteiger partial charge in [-0.3, -0.25) is 0 Å². The zero-order valence-electron chi connectivity index (χ0n) is 13.2. The van der Waals surface area contributed by atoms with Gasteiger partial charge in [0.05, 0.1) is 0 Å². The molecule has 4 nitrogen and oxygen atoms in total. The summed E-state index contributed by atoms with van der Waals surface area (Å²) in [6.07, 6.45) is 0. The van der Waals surface area contributed by atoms with Gasteiger partial charge in [-0.15, -0.1) is 0 Å². The van der Waals surface area contributed by atoms with E-state index in [2.05, 4.69) is 49.8 Å². The van der Waals surface area contributed by atoms with E-state index >= 15 is 0 Å². The Morgan fingerprint density at radius 1 is 1.16 bits per heavy atom. The van der Waals surface area contributed by atoms with Gasteiger partial charge in [-0.25, -0.2) is 0 Å². The molecule has 0 spiro atoms. The molecular weight excluding hydrogens is 238 g/mol. The first-order chi connectivity index (χ1) is 8.60. The van der Waals surface area contributed by atoms with E-state index in [-0.39, 0.29) is 11.1 Å². The van der Waals surface area contributed by atoms with E-state index in [1.54, 1.807) is 0 Å². The number of hydrogen-bond acceptors (Lipinski definition) is 4. The Bertz CT molecular complexity index is 408. The summed E-state index contributed by atoms with van der Waals surface area (Å²) >= 11 is 0. The van der Waals surface area contributed by atoms with Crippen LogP contribution in [0.3, 0.4) is 0 Å². The molecule has 4 heteroatoms. The Balaban J connectivity index is 2.68. The zero-order chi connectivity index (χ0) is 14.7. The first-order valence-electron chi connectivity index (χ1n) is 6.66. The molecule has 0 aliphatic heterocycles. The van der Waals surface area contributed by atoms with Gasteiger partial charge in [-0.05, 0) is 54.8 Å². The van der Waals surface area contributed by atoms with Crippen molar-refractivity contribution in [2.75, 3.05) is 26.0 Å². The van der Waals surface area contributed by atoms with Crippen molar-refractivity contribution in [2.24, 2.45) is 0 Å². The minimum atomic E-state index is -0.0187. The van der Waals surface area contributed by atoms with Crippen LogP contribution in [0, 0.1) is 0 Å². The number of ether oxygens (including phenoxy) is 1. The Labute approximate surface area is 117 Å². The molecule has 0 atom stereocenters. The van der Waals surface area contributed by atoms with E-state index in [0.29, 0.717) is 12.5 Å². The van der Waals surface area contributed by atoms with Gasteiger partial charge in [0.25, 0.3) is 0 Å². The number of hydrogen-bond donors (Lipinski definition) is 1. The van der Waals surface area contributed by atoms with Crippen LogP contribution in [0.2, 0.25) is 0 Å². The Morgan fingerprint density at radius 2 is 1.79 bits per heavy atom. The fourth-order valence-corrected chi connectivity index (χ4v) is 1.33. The largest absolute Gasteiger partial charge is 0.476 e. The third-order valence-corrected chi connectivity index (χ3v) is 3.01.